The third kappa shape index (κ3) is 6.02. The second-order valence-electron chi connectivity index (χ2n) is 7.57. The quantitative estimate of drug-likeness (QED) is 0.247. The third-order valence-corrected chi connectivity index (χ3v) is 6.01. The molecule has 0 heterocycles. The van der Waals surface area contributed by atoms with Gasteiger partial charge in [-0.3, -0.25) is 9.59 Å². The molecular formula is C27H23N3O2S. The second kappa shape index (κ2) is 10.1. The Kier molecular flexibility index (Phi) is 6.76. The highest BCUT2D eigenvalue weighted by Gasteiger charge is 2.09. The lowest BCUT2D eigenvalue weighted by atomic mass is 10.0. The van der Waals surface area contributed by atoms with E-state index >= 15 is 0 Å². The molecule has 0 bridgehead atoms. The lowest BCUT2D eigenvalue weighted by Crippen LogP contribution is -2.11. The molecule has 0 aliphatic heterocycles. The maximum Gasteiger partial charge on any atom is 0.255 e. The normalized spacial score (nSPS) is 10.5. The van der Waals surface area contributed by atoms with Crippen LogP contribution in [0.4, 0.5) is 17.1 Å². The van der Waals surface area contributed by atoms with Crippen LogP contribution in [0.1, 0.15) is 26.3 Å². The molecule has 0 unspecified atom stereocenters. The summed E-state index contributed by atoms with van der Waals surface area (Å²) in [7, 11) is 0. The van der Waals surface area contributed by atoms with Gasteiger partial charge in [0.1, 0.15) is 0 Å². The second-order valence-corrected chi connectivity index (χ2v) is 8.72. The monoisotopic (exact) mass is 453 g/mol. The van der Waals surface area contributed by atoms with E-state index in [4.69, 9.17) is 11.5 Å². The number of carbonyl (C=O) groups excluding carboxylic acids is 2. The summed E-state index contributed by atoms with van der Waals surface area (Å²) >= 11 is 1.60. The van der Waals surface area contributed by atoms with Gasteiger partial charge >= 0.3 is 0 Å². The zero-order valence-corrected chi connectivity index (χ0v) is 18.6. The van der Waals surface area contributed by atoms with Gasteiger partial charge in [0.25, 0.3) is 5.91 Å². The molecule has 0 spiro atoms. The molecule has 5 nitrogen and oxygen atoms in total. The SMILES string of the molecule is Nc1ccc(C(=O)Cc2cccc(Sc3ccc(NC(=O)c4ccc(N)cc4)cc3)c2)cc1. The smallest absolute Gasteiger partial charge is 0.255 e. The molecule has 0 saturated carbocycles. The molecule has 4 aromatic carbocycles. The number of nitrogen functional groups attached to an aromatic ring is 2. The highest BCUT2D eigenvalue weighted by atomic mass is 32.2. The molecule has 5 N–H and O–H groups in total. The Morgan fingerprint density at radius 3 is 1.94 bits per heavy atom. The largest absolute Gasteiger partial charge is 0.399 e. The molecule has 0 saturated heterocycles. The van der Waals surface area contributed by atoms with Gasteiger partial charge in [-0.25, -0.2) is 0 Å². The summed E-state index contributed by atoms with van der Waals surface area (Å²) < 4.78 is 0. The van der Waals surface area contributed by atoms with Gasteiger partial charge in [0.15, 0.2) is 5.78 Å². The highest BCUT2D eigenvalue weighted by molar-refractivity contribution is 7.99. The molecule has 0 aliphatic carbocycles. The maximum absolute atomic E-state index is 12.6. The van der Waals surface area contributed by atoms with Crippen LogP contribution in [0.15, 0.2) is 107 Å². The van der Waals surface area contributed by atoms with Gasteiger partial charge in [0, 0.05) is 44.4 Å². The molecule has 164 valence electrons. The summed E-state index contributed by atoms with van der Waals surface area (Å²) in [5.74, 6) is -0.132. The predicted molar refractivity (Wildman–Crippen MR) is 135 cm³/mol. The average Bonchev–Trinajstić information content (AvgIpc) is 2.81. The molecule has 1 amide bonds. The number of ketones is 1. The number of benzene rings is 4. The molecule has 0 aliphatic rings. The summed E-state index contributed by atoms with van der Waals surface area (Å²) in [5, 5.41) is 2.88. The first-order chi connectivity index (χ1) is 16.0. The molecule has 4 aromatic rings. The van der Waals surface area contributed by atoms with Crippen molar-refractivity contribution in [2.24, 2.45) is 0 Å². The zero-order valence-electron chi connectivity index (χ0n) is 17.8. The number of amides is 1. The Balaban J connectivity index is 1.38. The number of nitrogens with one attached hydrogen (secondary N) is 1. The van der Waals surface area contributed by atoms with Crippen molar-refractivity contribution in [1.29, 1.82) is 0 Å². The van der Waals surface area contributed by atoms with Crippen molar-refractivity contribution < 1.29 is 9.59 Å². The Hall–Kier alpha value is -4.03. The van der Waals surface area contributed by atoms with E-state index in [1.165, 1.54) is 0 Å². The molecule has 33 heavy (non-hydrogen) atoms. The minimum Gasteiger partial charge on any atom is -0.399 e. The lowest BCUT2D eigenvalue weighted by molar-refractivity contribution is 0.0991. The molecule has 0 fully saturated rings. The number of nitrogens with two attached hydrogens (primary N) is 2. The van der Waals surface area contributed by atoms with Crippen LogP contribution in [0.3, 0.4) is 0 Å². The van der Waals surface area contributed by atoms with E-state index in [1.807, 2.05) is 48.5 Å². The first-order valence-corrected chi connectivity index (χ1v) is 11.2. The maximum atomic E-state index is 12.6. The van der Waals surface area contributed by atoms with Crippen molar-refractivity contribution in [1.82, 2.24) is 0 Å². The number of anilines is 3. The van der Waals surface area contributed by atoms with E-state index in [2.05, 4.69) is 5.32 Å². The standard InChI is InChI=1S/C27H23N3O2S/c28-21-8-4-19(5-9-21)26(31)17-18-2-1-3-25(16-18)33-24-14-12-23(13-15-24)30-27(32)20-6-10-22(29)11-7-20/h1-16H,17,28-29H2,(H,30,32). The Labute approximate surface area is 196 Å². The number of rotatable bonds is 7. The fourth-order valence-corrected chi connectivity index (χ4v) is 4.16. The van der Waals surface area contributed by atoms with E-state index in [0.717, 1.165) is 15.4 Å². The summed E-state index contributed by atoms with van der Waals surface area (Å²) in [5.41, 5.74) is 15.5. The van der Waals surface area contributed by atoms with Crippen molar-refractivity contribution >= 4 is 40.5 Å². The van der Waals surface area contributed by atoms with Gasteiger partial charge in [-0.1, -0.05) is 23.9 Å². The molecule has 6 heteroatoms. The fraction of sp³-hybridized carbons (Fsp3) is 0.0370. The van der Waals surface area contributed by atoms with Crippen molar-refractivity contribution in [3.8, 4) is 0 Å². The first-order valence-electron chi connectivity index (χ1n) is 10.4. The van der Waals surface area contributed by atoms with Crippen LogP contribution in [0.2, 0.25) is 0 Å². The van der Waals surface area contributed by atoms with Crippen LogP contribution in [-0.2, 0) is 6.42 Å². The molecule has 0 atom stereocenters. The van der Waals surface area contributed by atoms with E-state index in [1.54, 1.807) is 60.3 Å². The molecule has 0 aromatic heterocycles. The van der Waals surface area contributed by atoms with Gasteiger partial charge < -0.3 is 16.8 Å². The van der Waals surface area contributed by atoms with Crippen LogP contribution < -0.4 is 16.8 Å². The first kappa shape index (κ1) is 22.2. The summed E-state index contributed by atoms with van der Waals surface area (Å²) in [6.45, 7) is 0. The number of carbonyl (C=O) groups is 2. The predicted octanol–water partition coefficient (Wildman–Crippen LogP) is 5.68. The highest BCUT2D eigenvalue weighted by Crippen LogP contribution is 2.29. The fourth-order valence-electron chi connectivity index (χ4n) is 3.26. The van der Waals surface area contributed by atoms with E-state index in [0.29, 0.717) is 34.6 Å². The van der Waals surface area contributed by atoms with Crippen molar-refractivity contribution in [3.63, 3.8) is 0 Å². The zero-order chi connectivity index (χ0) is 23.2. The molecule has 0 radical (unpaired) electrons. The van der Waals surface area contributed by atoms with Crippen molar-refractivity contribution in [3.05, 3.63) is 114 Å². The van der Waals surface area contributed by atoms with Crippen LogP contribution >= 0.6 is 11.8 Å². The van der Waals surface area contributed by atoms with Crippen LogP contribution in [-0.4, -0.2) is 11.7 Å². The van der Waals surface area contributed by atoms with Gasteiger partial charge in [0.05, 0.1) is 0 Å². The summed E-state index contributed by atoms with van der Waals surface area (Å²) in [4.78, 5) is 27.0. The van der Waals surface area contributed by atoms with Gasteiger partial charge in [-0.15, -0.1) is 0 Å². The average molecular weight is 454 g/mol. The topological polar surface area (TPSA) is 98.2 Å². The summed E-state index contributed by atoms with van der Waals surface area (Å²) in [6.07, 6.45) is 0.328. The minimum absolute atomic E-state index is 0.0540. The Morgan fingerprint density at radius 1 is 0.697 bits per heavy atom. The molecule has 4 rings (SSSR count). The van der Waals surface area contributed by atoms with E-state index in [-0.39, 0.29) is 11.7 Å². The van der Waals surface area contributed by atoms with Crippen molar-refractivity contribution in [2.75, 3.05) is 16.8 Å². The Morgan fingerprint density at radius 2 is 1.30 bits per heavy atom. The van der Waals surface area contributed by atoms with Crippen LogP contribution in [0.25, 0.3) is 0 Å². The number of Topliss-reactive ketones (excluding diaryl/α,β-unsaturated/α-hetero) is 1. The minimum atomic E-state index is -0.186. The van der Waals surface area contributed by atoms with Gasteiger partial charge in [-0.2, -0.15) is 0 Å². The van der Waals surface area contributed by atoms with Gasteiger partial charge in [0.2, 0.25) is 0 Å². The number of hydrogen-bond acceptors (Lipinski definition) is 5. The van der Waals surface area contributed by atoms with E-state index < -0.39 is 0 Å². The molecular weight excluding hydrogens is 430 g/mol. The number of hydrogen-bond donors (Lipinski definition) is 3. The van der Waals surface area contributed by atoms with E-state index in [9.17, 15) is 9.59 Å². The van der Waals surface area contributed by atoms with Crippen molar-refractivity contribution in [2.45, 2.75) is 16.2 Å². The van der Waals surface area contributed by atoms with Crippen LogP contribution in [0, 0.1) is 0 Å². The van der Waals surface area contributed by atoms with Gasteiger partial charge in [-0.05, 0) is 90.5 Å². The Bertz CT molecular complexity index is 1270. The lowest BCUT2D eigenvalue weighted by Gasteiger charge is -2.08. The summed E-state index contributed by atoms with van der Waals surface area (Å²) in [6, 6.07) is 29.4. The van der Waals surface area contributed by atoms with Crippen LogP contribution in [0.5, 0.6) is 0 Å². The third-order valence-electron chi connectivity index (χ3n) is 5.02.